The Morgan fingerprint density at radius 3 is 2.18 bits per heavy atom. The van der Waals surface area contributed by atoms with E-state index in [2.05, 4.69) is 51.8 Å². The van der Waals surface area contributed by atoms with Gasteiger partial charge in [-0.3, -0.25) is 0 Å². The van der Waals surface area contributed by atoms with Crippen LogP contribution in [-0.2, 0) is 0 Å². The summed E-state index contributed by atoms with van der Waals surface area (Å²) in [5, 5.41) is 3.54. The van der Waals surface area contributed by atoms with Gasteiger partial charge in [-0.05, 0) is 38.8 Å². The van der Waals surface area contributed by atoms with Crippen LogP contribution in [-0.4, -0.2) is 36.6 Å². The van der Waals surface area contributed by atoms with Gasteiger partial charge in [0.25, 0.3) is 0 Å². The van der Waals surface area contributed by atoms with Crippen LogP contribution < -0.4 is 5.32 Å². The Labute approximate surface area is 109 Å². The van der Waals surface area contributed by atoms with E-state index in [0.29, 0.717) is 6.04 Å². The van der Waals surface area contributed by atoms with Crippen LogP contribution in [0.2, 0.25) is 0 Å². The molecule has 2 atom stereocenters. The van der Waals surface area contributed by atoms with Gasteiger partial charge in [-0.1, -0.05) is 41.0 Å². The molecule has 104 valence electrons. The third-order valence-electron chi connectivity index (χ3n) is 3.43. The van der Waals surface area contributed by atoms with Crippen molar-refractivity contribution < 1.29 is 0 Å². The van der Waals surface area contributed by atoms with Crippen LogP contribution in [0.15, 0.2) is 0 Å². The van der Waals surface area contributed by atoms with Crippen molar-refractivity contribution in [1.82, 2.24) is 10.2 Å². The summed E-state index contributed by atoms with van der Waals surface area (Å²) in [6.07, 6.45) is 3.88. The molecule has 0 bridgehead atoms. The van der Waals surface area contributed by atoms with Crippen molar-refractivity contribution in [3.8, 4) is 0 Å². The fourth-order valence-electron chi connectivity index (χ4n) is 2.01. The van der Waals surface area contributed by atoms with Gasteiger partial charge in [0.2, 0.25) is 0 Å². The van der Waals surface area contributed by atoms with E-state index in [1.807, 2.05) is 0 Å². The number of rotatable bonds is 10. The first kappa shape index (κ1) is 16.9. The highest BCUT2D eigenvalue weighted by molar-refractivity contribution is 4.70. The second kappa shape index (κ2) is 9.90. The molecule has 0 radical (unpaired) electrons. The SMILES string of the molecule is CCCCN(CC(C)CNC(C)C)C(C)CC. The molecule has 0 aromatic carbocycles. The van der Waals surface area contributed by atoms with Crippen molar-refractivity contribution in [2.45, 2.75) is 72.9 Å². The molecule has 0 saturated heterocycles. The highest BCUT2D eigenvalue weighted by atomic mass is 15.1. The topological polar surface area (TPSA) is 15.3 Å². The molecule has 17 heavy (non-hydrogen) atoms. The predicted molar refractivity (Wildman–Crippen MR) is 78.5 cm³/mol. The van der Waals surface area contributed by atoms with E-state index in [0.717, 1.165) is 18.5 Å². The van der Waals surface area contributed by atoms with Gasteiger partial charge < -0.3 is 10.2 Å². The van der Waals surface area contributed by atoms with Crippen molar-refractivity contribution in [3.05, 3.63) is 0 Å². The quantitative estimate of drug-likeness (QED) is 0.630. The summed E-state index contributed by atoms with van der Waals surface area (Å²) in [5.41, 5.74) is 0. The molecule has 0 fully saturated rings. The Hall–Kier alpha value is -0.0800. The number of hydrogen-bond acceptors (Lipinski definition) is 2. The minimum absolute atomic E-state index is 0.602. The van der Waals surface area contributed by atoms with Crippen molar-refractivity contribution in [3.63, 3.8) is 0 Å². The van der Waals surface area contributed by atoms with E-state index >= 15 is 0 Å². The average molecular weight is 242 g/mol. The van der Waals surface area contributed by atoms with Crippen LogP contribution >= 0.6 is 0 Å². The molecule has 0 amide bonds. The van der Waals surface area contributed by atoms with Crippen LogP contribution in [0.3, 0.4) is 0 Å². The summed E-state index contributed by atoms with van der Waals surface area (Å²) in [6.45, 7) is 17.4. The van der Waals surface area contributed by atoms with E-state index in [9.17, 15) is 0 Å². The molecule has 0 aliphatic heterocycles. The number of hydrogen-bond donors (Lipinski definition) is 1. The highest BCUT2D eigenvalue weighted by Gasteiger charge is 2.14. The Kier molecular flexibility index (Phi) is 9.85. The van der Waals surface area contributed by atoms with Gasteiger partial charge in [0.05, 0.1) is 0 Å². The van der Waals surface area contributed by atoms with Crippen molar-refractivity contribution in [1.29, 1.82) is 0 Å². The van der Waals surface area contributed by atoms with E-state index in [1.165, 1.54) is 32.4 Å². The zero-order valence-corrected chi connectivity index (χ0v) is 12.9. The second-order valence-corrected chi connectivity index (χ2v) is 5.77. The molecular weight excluding hydrogens is 208 g/mol. The molecule has 0 aliphatic carbocycles. The fourth-order valence-corrected chi connectivity index (χ4v) is 2.01. The Balaban J connectivity index is 4.03. The number of nitrogens with one attached hydrogen (secondary N) is 1. The summed E-state index contributed by atoms with van der Waals surface area (Å²) in [4.78, 5) is 2.66. The van der Waals surface area contributed by atoms with Crippen LogP contribution in [0.25, 0.3) is 0 Å². The lowest BCUT2D eigenvalue weighted by Gasteiger charge is -2.31. The van der Waals surface area contributed by atoms with Gasteiger partial charge >= 0.3 is 0 Å². The van der Waals surface area contributed by atoms with Gasteiger partial charge in [-0.25, -0.2) is 0 Å². The number of nitrogens with zero attached hydrogens (tertiary/aromatic N) is 1. The van der Waals surface area contributed by atoms with E-state index in [-0.39, 0.29) is 0 Å². The van der Waals surface area contributed by atoms with E-state index in [4.69, 9.17) is 0 Å². The molecule has 0 spiro atoms. The second-order valence-electron chi connectivity index (χ2n) is 5.77. The highest BCUT2D eigenvalue weighted by Crippen LogP contribution is 2.09. The molecule has 0 rings (SSSR count). The first-order chi connectivity index (χ1) is 8.01. The molecule has 1 N–H and O–H groups in total. The van der Waals surface area contributed by atoms with Crippen LogP contribution in [0.4, 0.5) is 0 Å². The summed E-state index contributed by atoms with van der Waals surface area (Å²) >= 11 is 0. The predicted octanol–water partition coefficient (Wildman–Crippen LogP) is 3.52. The maximum absolute atomic E-state index is 3.54. The average Bonchev–Trinajstić information content (AvgIpc) is 2.30. The molecule has 2 heteroatoms. The minimum atomic E-state index is 0.602. The Bertz CT molecular complexity index is 168. The van der Waals surface area contributed by atoms with Gasteiger partial charge in [0.1, 0.15) is 0 Å². The molecule has 0 aliphatic rings. The zero-order chi connectivity index (χ0) is 13.3. The minimum Gasteiger partial charge on any atom is -0.314 e. The fraction of sp³-hybridized carbons (Fsp3) is 1.00. The largest absolute Gasteiger partial charge is 0.314 e. The maximum atomic E-state index is 3.54. The summed E-state index contributed by atoms with van der Waals surface area (Å²) in [5.74, 6) is 0.739. The summed E-state index contributed by atoms with van der Waals surface area (Å²) in [6, 6.07) is 1.33. The van der Waals surface area contributed by atoms with Gasteiger partial charge in [0.15, 0.2) is 0 Å². The number of unbranched alkanes of at least 4 members (excludes halogenated alkanes) is 1. The monoisotopic (exact) mass is 242 g/mol. The van der Waals surface area contributed by atoms with Crippen LogP contribution in [0.5, 0.6) is 0 Å². The van der Waals surface area contributed by atoms with Crippen molar-refractivity contribution >= 4 is 0 Å². The van der Waals surface area contributed by atoms with Crippen molar-refractivity contribution in [2.24, 2.45) is 5.92 Å². The Morgan fingerprint density at radius 1 is 1.06 bits per heavy atom. The normalized spacial score (nSPS) is 15.5. The summed E-state index contributed by atoms with van der Waals surface area (Å²) in [7, 11) is 0. The lowest BCUT2D eigenvalue weighted by molar-refractivity contribution is 0.172. The van der Waals surface area contributed by atoms with Gasteiger partial charge in [-0.2, -0.15) is 0 Å². The van der Waals surface area contributed by atoms with Gasteiger partial charge in [0, 0.05) is 18.6 Å². The van der Waals surface area contributed by atoms with Gasteiger partial charge in [-0.15, -0.1) is 0 Å². The van der Waals surface area contributed by atoms with Crippen LogP contribution in [0.1, 0.15) is 60.8 Å². The van der Waals surface area contributed by atoms with E-state index < -0.39 is 0 Å². The lowest BCUT2D eigenvalue weighted by atomic mass is 10.1. The third kappa shape index (κ3) is 8.62. The summed E-state index contributed by atoms with van der Waals surface area (Å²) < 4.78 is 0. The molecule has 0 heterocycles. The zero-order valence-electron chi connectivity index (χ0n) is 12.9. The maximum Gasteiger partial charge on any atom is 0.00644 e. The lowest BCUT2D eigenvalue weighted by Crippen LogP contribution is -2.40. The molecule has 0 aromatic heterocycles. The first-order valence-electron chi connectivity index (χ1n) is 7.48. The smallest absolute Gasteiger partial charge is 0.00644 e. The molecule has 0 saturated carbocycles. The third-order valence-corrected chi connectivity index (χ3v) is 3.43. The molecule has 2 nitrogen and oxygen atoms in total. The Morgan fingerprint density at radius 2 is 1.71 bits per heavy atom. The van der Waals surface area contributed by atoms with E-state index in [1.54, 1.807) is 0 Å². The molecular formula is C15H34N2. The van der Waals surface area contributed by atoms with Crippen LogP contribution in [0, 0.1) is 5.92 Å². The first-order valence-corrected chi connectivity index (χ1v) is 7.48. The molecule has 0 aromatic rings. The van der Waals surface area contributed by atoms with Crippen molar-refractivity contribution in [2.75, 3.05) is 19.6 Å². The molecule has 2 unspecified atom stereocenters. The standard InChI is InChI=1S/C15H34N2/c1-7-9-10-17(15(6)8-2)12-14(5)11-16-13(3)4/h13-16H,7-12H2,1-6H3.